The van der Waals surface area contributed by atoms with Crippen molar-refractivity contribution in [3.63, 3.8) is 0 Å². The molecule has 0 saturated carbocycles. The van der Waals surface area contributed by atoms with Gasteiger partial charge in [0.05, 0.1) is 11.4 Å². The summed E-state index contributed by atoms with van der Waals surface area (Å²) in [5.74, 6) is 1.25. The first-order valence-electron chi connectivity index (χ1n) is 9.56. The predicted octanol–water partition coefficient (Wildman–Crippen LogP) is 4.65. The number of phenolic OH excluding ortho intramolecular Hbond substituents is 1. The molecule has 1 aromatic heterocycles. The Bertz CT molecular complexity index is 1010. The van der Waals surface area contributed by atoms with Crippen LogP contribution in [0.2, 0.25) is 0 Å². The van der Waals surface area contributed by atoms with Crippen LogP contribution in [0.1, 0.15) is 25.0 Å². The fourth-order valence-electron chi connectivity index (χ4n) is 2.99. The maximum Gasteiger partial charge on any atom is 0.234 e. The van der Waals surface area contributed by atoms with E-state index >= 15 is 0 Å². The lowest BCUT2D eigenvalue weighted by molar-refractivity contribution is -0.113. The second kappa shape index (κ2) is 9.13. The summed E-state index contributed by atoms with van der Waals surface area (Å²) in [6.07, 6.45) is 0. The topological polar surface area (TPSA) is 80.0 Å². The van der Waals surface area contributed by atoms with Crippen LogP contribution in [0.15, 0.2) is 47.6 Å². The maximum absolute atomic E-state index is 12.4. The minimum absolute atomic E-state index is 0.0543. The Hall–Kier alpha value is -2.80. The third-order valence-electron chi connectivity index (χ3n) is 4.30. The van der Waals surface area contributed by atoms with Crippen LogP contribution in [-0.4, -0.2) is 31.5 Å². The number of aryl methyl sites for hydroxylation is 2. The Morgan fingerprint density at radius 2 is 1.90 bits per heavy atom. The molecule has 3 rings (SSSR count). The molecule has 29 heavy (non-hydrogen) atoms. The zero-order chi connectivity index (χ0) is 21.0. The number of nitrogens with zero attached hydrogens (tertiary/aromatic N) is 3. The molecule has 0 aliphatic carbocycles. The average molecular weight is 411 g/mol. The molecule has 0 saturated heterocycles. The van der Waals surface area contributed by atoms with Crippen LogP contribution in [0.5, 0.6) is 5.75 Å². The van der Waals surface area contributed by atoms with Gasteiger partial charge in [0.1, 0.15) is 5.75 Å². The van der Waals surface area contributed by atoms with Gasteiger partial charge in [-0.3, -0.25) is 4.79 Å². The largest absolute Gasteiger partial charge is 0.506 e. The predicted molar refractivity (Wildman–Crippen MR) is 117 cm³/mol. The number of carbonyl (C=O) groups is 1. The van der Waals surface area contributed by atoms with E-state index in [2.05, 4.69) is 40.0 Å². The van der Waals surface area contributed by atoms with Crippen LogP contribution in [0.25, 0.3) is 11.4 Å². The number of aromatic nitrogens is 3. The molecule has 0 radical (unpaired) electrons. The van der Waals surface area contributed by atoms with E-state index in [1.165, 1.54) is 11.8 Å². The minimum atomic E-state index is -0.202. The third kappa shape index (κ3) is 5.38. The summed E-state index contributed by atoms with van der Waals surface area (Å²) in [5.41, 5.74) is 3.55. The highest BCUT2D eigenvalue weighted by Gasteiger charge is 2.17. The van der Waals surface area contributed by atoms with E-state index < -0.39 is 0 Å². The maximum atomic E-state index is 12.4. The molecule has 6 nitrogen and oxygen atoms in total. The number of phenols is 1. The van der Waals surface area contributed by atoms with E-state index in [0.717, 1.165) is 29.1 Å². The average Bonchev–Trinajstić information content (AvgIpc) is 3.05. The smallest absolute Gasteiger partial charge is 0.234 e. The number of hydrogen-bond acceptors (Lipinski definition) is 5. The molecule has 0 aliphatic rings. The molecule has 7 heteroatoms. The summed E-state index contributed by atoms with van der Waals surface area (Å²) in [5, 5.41) is 22.1. The monoisotopic (exact) mass is 410 g/mol. The summed E-state index contributed by atoms with van der Waals surface area (Å²) >= 11 is 1.34. The lowest BCUT2D eigenvalue weighted by atomic mass is 10.1. The molecule has 0 atom stereocenters. The fourth-order valence-corrected chi connectivity index (χ4v) is 3.74. The lowest BCUT2D eigenvalue weighted by Crippen LogP contribution is -2.15. The van der Waals surface area contributed by atoms with E-state index in [1.54, 1.807) is 18.2 Å². The third-order valence-corrected chi connectivity index (χ3v) is 5.27. The van der Waals surface area contributed by atoms with Gasteiger partial charge in [-0.2, -0.15) is 0 Å². The van der Waals surface area contributed by atoms with Crippen LogP contribution in [0, 0.1) is 19.8 Å². The Kier molecular flexibility index (Phi) is 6.59. The number of thioether (sulfide) groups is 1. The number of aromatic hydroxyl groups is 1. The highest BCUT2D eigenvalue weighted by molar-refractivity contribution is 7.99. The van der Waals surface area contributed by atoms with Gasteiger partial charge in [0.2, 0.25) is 5.91 Å². The number of amides is 1. The number of nitrogens with one attached hydrogen (secondary N) is 1. The van der Waals surface area contributed by atoms with Gasteiger partial charge >= 0.3 is 0 Å². The van der Waals surface area contributed by atoms with E-state index in [1.807, 2.05) is 32.0 Å². The van der Waals surface area contributed by atoms with Gasteiger partial charge in [-0.05, 0) is 43.5 Å². The Morgan fingerprint density at radius 3 is 2.62 bits per heavy atom. The van der Waals surface area contributed by atoms with Gasteiger partial charge < -0.3 is 15.0 Å². The summed E-state index contributed by atoms with van der Waals surface area (Å²) in [6, 6.07) is 13.3. The van der Waals surface area contributed by atoms with Gasteiger partial charge in [-0.15, -0.1) is 10.2 Å². The molecule has 0 bridgehead atoms. The molecule has 2 aromatic carbocycles. The number of rotatable bonds is 7. The normalized spacial score (nSPS) is 11.1. The first-order chi connectivity index (χ1) is 13.8. The molecule has 152 valence electrons. The Labute approximate surface area is 175 Å². The van der Waals surface area contributed by atoms with Crippen molar-refractivity contribution < 1.29 is 9.90 Å². The molecule has 0 spiro atoms. The van der Waals surface area contributed by atoms with Crippen molar-refractivity contribution in [2.24, 2.45) is 5.92 Å². The van der Waals surface area contributed by atoms with E-state index in [4.69, 9.17) is 0 Å². The second-order valence-corrected chi connectivity index (χ2v) is 8.48. The number of anilines is 1. The van der Waals surface area contributed by atoms with Gasteiger partial charge in [0, 0.05) is 12.1 Å². The molecular weight excluding hydrogens is 384 g/mol. The van der Waals surface area contributed by atoms with Crippen LogP contribution in [-0.2, 0) is 11.3 Å². The molecule has 0 unspecified atom stereocenters. The van der Waals surface area contributed by atoms with Crippen LogP contribution < -0.4 is 5.32 Å². The highest BCUT2D eigenvalue weighted by Crippen LogP contribution is 2.27. The van der Waals surface area contributed by atoms with E-state index in [-0.39, 0.29) is 17.4 Å². The lowest BCUT2D eigenvalue weighted by Gasteiger charge is -2.13. The zero-order valence-electron chi connectivity index (χ0n) is 17.1. The molecule has 1 heterocycles. The highest BCUT2D eigenvalue weighted by atomic mass is 32.2. The van der Waals surface area contributed by atoms with Gasteiger partial charge in [-0.1, -0.05) is 55.4 Å². The van der Waals surface area contributed by atoms with Crippen molar-refractivity contribution in [3.8, 4) is 17.1 Å². The first kappa shape index (κ1) is 20.9. The summed E-state index contributed by atoms with van der Waals surface area (Å²) in [7, 11) is 0. The Balaban J connectivity index is 1.76. The molecular formula is C22H26N4O2S. The van der Waals surface area contributed by atoms with Gasteiger partial charge in [0.15, 0.2) is 11.0 Å². The van der Waals surface area contributed by atoms with Crippen molar-refractivity contribution in [1.82, 2.24) is 14.8 Å². The molecule has 0 fully saturated rings. The van der Waals surface area contributed by atoms with Gasteiger partial charge in [-0.25, -0.2) is 0 Å². The van der Waals surface area contributed by atoms with Crippen LogP contribution >= 0.6 is 11.8 Å². The second-order valence-electron chi connectivity index (χ2n) is 7.54. The quantitative estimate of drug-likeness (QED) is 0.438. The summed E-state index contributed by atoms with van der Waals surface area (Å²) in [4.78, 5) is 12.4. The van der Waals surface area contributed by atoms with Crippen LogP contribution in [0.4, 0.5) is 5.69 Å². The van der Waals surface area contributed by atoms with E-state index in [9.17, 15) is 9.90 Å². The van der Waals surface area contributed by atoms with Gasteiger partial charge in [0.25, 0.3) is 0 Å². The molecule has 2 N–H and O–H groups in total. The number of carbonyl (C=O) groups excluding carboxylic acids is 1. The number of benzene rings is 2. The summed E-state index contributed by atoms with van der Waals surface area (Å²) < 4.78 is 2.07. The van der Waals surface area contributed by atoms with Crippen molar-refractivity contribution in [1.29, 1.82) is 0 Å². The molecule has 1 amide bonds. The van der Waals surface area contributed by atoms with Crippen molar-refractivity contribution >= 4 is 23.4 Å². The fraction of sp³-hybridized carbons (Fsp3) is 0.318. The van der Waals surface area contributed by atoms with Crippen molar-refractivity contribution in [2.45, 2.75) is 39.4 Å². The summed E-state index contributed by atoms with van der Waals surface area (Å²) in [6.45, 7) is 9.00. The SMILES string of the molecule is Cc1cccc(-c2nnc(SCC(=O)Nc3cc(C)ccc3O)n2CC(C)C)c1. The van der Waals surface area contributed by atoms with Crippen LogP contribution in [0.3, 0.4) is 0 Å². The van der Waals surface area contributed by atoms with Crippen molar-refractivity contribution in [2.75, 3.05) is 11.1 Å². The zero-order valence-corrected chi connectivity index (χ0v) is 18.0. The first-order valence-corrected chi connectivity index (χ1v) is 10.5. The van der Waals surface area contributed by atoms with E-state index in [0.29, 0.717) is 16.8 Å². The minimum Gasteiger partial charge on any atom is -0.506 e. The standard InChI is InChI=1S/C22H26N4O2S/c1-14(2)12-26-21(17-7-5-6-15(3)10-17)24-25-22(26)29-13-20(28)23-18-11-16(4)8-9-19(18)27/h5-11,14,27H,12-13H2,1-4H3,(H,23,28). The number of hydrogen-bond donors (Lipinski definition) is 2. The molecule has 0 aliphatic heterocycles. The Morgan fingerprint density at radius 1 is 1.14 bits per heavy atom. The van der Waals surface area contributed by atoms with Crippen molar-refractivity contribution in [3.05, 3.63) is 53.6 Å². The molecule has 3 aromatic rings.